The molecule has 0 bridgehead atoms. The van der Waals surface area contributed by atoms with Crippen molar-refractivity contribution in [2.75, 3.05) is 0 Å². The zero-order valence-electron chi connectivity index (χ0n) is 4.79. The maximum Gasteiger partial charge on any atom is 0.189 e. The van der Waals surface area contributed by atoms with Crippen LogP contribution in [0.25, 0.3) is 0 Å². The molecule has 2 nitrogen and oxygen atoms in total. The second-order valence-corrected chi connectivity index (χ2v) is 1.84. The summed E-state index contributed by atoms with van der Waals surface area (Å²) in [5.41, 5.74) is 0. The van der Waals surface area contributed by atoms with E-state index in [-0.39, 0.29) is 25.4 Å². The predicted molar refractivity (Wildman–Crippen MR) is 33.3 cm³/mol. The second kappa shape index (κ2) is 3.75. The van der Waals surface area contributed by atoms with Gasteiger partial charge in [0.05, 0.1) is 0 Å². The van der Waals surface area contributed by atoms with Crippen LogP contribution in [0.4, 0.5) is 0 Å². The molecular formula is C5H5NOSZn. The van der Waals surface area contributed by atoms with Crippen LogP contribution in [-0.4, -0.2) is 10.1 Å². The van der Waals surface area contributed by atoms with Gasteiger partial charge in [-0.15, -0.1) is 0 Å². The third kappa shape index (κ3) is 2.73. The van der Waals surface area contributed by atoms with Crippen molar-refractivity contribution in [3.63, 3.8) is 0 Å². The summed E-state index contributed by atoms with van der Waals surface area (Å²) in [6, 6.07) is 4.93. The molecule has 44 valence electrons. The van der Waals surface area contributed by atoms with E-state index < -0.39 is 0 Å². The van der Waals surface area contributed by atoms with Gasteiger partial charge in [0.25, 0.3) is 0 Å². The van der Waals surface area contributed by atoms with E-state index in [2.05, 4.69) is 17.2 Å². The Kier molecular flexibility index (Phi) is 3.66. The minimum atomic E-state index is 0. The Morgan fingerprint density at radius 1 is 1.44 bits per heavy atom. The number of nitrogens with one attached hydrogen (secondary N) is 1. The van der Waals surface area contributed by atoms with Crippen molar-refractivity contribution in [1.82, 2.24) is 4.98 Å². The molecule has 0 spiro atoms. The summed E-state index contributed by atoms with van der Waals surface area (Å²) in [4.78, 5) is 2.54. The molecular weight excluding hydrogens is 188 g/mol. The fourth-order valence-corrected chi connectivity index (χ4v) is 0.619. The van der Waals surface area contributed by atoms with E-state index in [4.69, 9.17) is 5.11 Å². The zero-order valence-corrected chi connectivity index (χ0v) is 8.58. The smallest absolute Gasteiger partial charge is 0.189 e. The summed E-state index contributed by atoms with van der Waals surface area (Å²) in [5.74, 6) is 0.109. The molecule has 0 radical (unpaired) electrons. The molecule has 1 aromatic rings. The van der Waals surface area contributed by atoms with Crippen molar-refractivity contribution >= 4 is 12.2 Å². The van der Waals surface area contributed by atoms with Crippen LogP contribution in [0.1, 0.15) is 0 Å². The van der Waals surface area contributed by atoms with Gasteiger partial charge in [0.2, 0.25) is 0 Å². The van der Waals surface area contributed by atoms with E-state index in [0.717, 1.165) is 0 Å². The summed E-state index contributed by atoms with van der Waals surface area (Å²) in [7, 11) is 0. The Morgan fingerprint density at radius 2 is 2.11 bits per heavy atom. The van der Waals surface area contributed by atoms with Crippen LogP contribution >= 0.6 is 12.2 Å². The molecule has 0 fully saturated rings. The Hall–Kier alpha value is -0.207. The molecule has 0 aliphatic rings. The van der Waals surface area contributed by atoms with Crippen LogP contribution in [0.3, 0.4) is 0 Å². The van der Waals surface area contributed by atoms with Gasteiger partial charge in [0.1, 0.15) is 4.64 Å². The normalized spacial score (nSPS) is 8.00. The molecule has 0 aliphatic carbocycles. The number of hydrogen-bond acceptors (Lipinski definition) is 2. The van der Waals surface area contributed by atoms with E-state index in [0.29, 0.717) is 4.64 Å². The third-order valence-corrected chi connectivity index (χ3v) is 0.991. The van der Waals surface area contributed by atoms with Crippen molar-refractivity contribution < 1.29 is 24.6 Å². The van der Waals surface area contributed by atoms with Gasteiger partial charge in [-0.1, -0.05) is 18.3 Å². The molecule has 1 rings (SSSR count). The van der Waals surface area contributed by atoms with Gasteiger partial charge in [-0.25, -0.2) is 0 Å². The molecule has 0 aliphatic heterocycles. The molecule has 0 saturated carbocycles. The van der Waals surface area contributed by atoms with Crippen molar-refractivity contribution in [2.24, 2.45) is 0 Å². The molecule has 0 saturated heterocycles. The second-order valence-electron chi connectivity index (χ2n) is 1.40. The van der Waals surface area contributed by atoms with Gasteiger partial charge < -0.3 is 10.1 Å². The maximum absolute atomic E-state index is 8.69. The number of H-pyrrole nitrogens is 1. The molecule has 0 atom stereocenters. The van der Waals surface area contributed by atoms with Gasteiger partial charge in [0.15, 0.2) is 5.88 Å². The number of hydrogen-bond donors (Lipinski definition) is 2. The molecule has 0 amide bonds. The summed E-state index contributed by atoms with van der Waals surface area (Å²) < 4.78 is 0.546. The number of aromatic hydroxyl groups is 1. The van der Waals surface area contributed by atoms with Crippen LogP contribution in [0.5, 0.6) is 5.88 Å². The number of aromatic amines is 1. The fraction of sp³-hybridized carbons (Fsp3) is 0. The van der Waals surface area contributed by atoms with Crippen molar-refractivity contribution in [2.45, 2.75) is 0 Å². The first kappa shape index (κ1) is 8.79. The standard InChI is InChI=1S/C5H5NOS.Zn/c7-4-2-1-3-5(8)6-4;/h1-3H,(H2,6,7,8);. The van der Waals surface area contributed by atoms with Crippen molar-refractivity contribution in [1.29, 1.82) is 0 Å². The Bertz CT molecular complexity index is 234. The van der Waals surface area contributed by atoms with E-state index in [1.807, 2.05) is 0 Å². The Labute approximate surface area is 70.7 Å². The third-order valence-electron chi connectivity index (χ3n) is 0.753. The SMILES string of the molecule is Oc1cccc(=S)[nH]1.[Zn]. The monoisotopic (exact) mass is 191 g/mol. The molecule has 9 heavy (non-hydrogen) atoms. The number of aromatic nitrogens is 1. The van der Waals surface area contributed by atoms with Gasteiger partial charge >= 0.3 is 0 Å². The topological polar surface area (TPSA) is 36.0 Å². The quantitative estimate of drug-likeness (QED) is 0.482. The van der Waals surface area contributed by atoms with Crippen LogP contribution in [0.2, 0.25) is 0 Å². The molecule has 2 N–H and O–H groups in total. The van der Waals surface area contributed by atoms with Gasteiger partial charge in [-0.2, -0.15) is 0 Å². The summed E-state index contributed by atoms with van der Waals surface area (Å²) >= 11 is 4.68. The largest absolute Gasteiger partial charge is 0.495 e. The van der Waals surface area contributed by atoms with Crippen molar-refractivity contribution in [3.8, 4) is 5.88 Å². The summed E-state index contributed by atoms with van der Waals surface area (Å²) in [6.07, 6.45) is 0. The van der Waals surface area contributed by atoms with Gasteiger partial charge in [0, 0.05) is 19.5 Å². The maximum atomic E-state index is 8.69. The van der Waals surface area contributed by atoms with E-state index >= 15 is 0 Å². The molecule has 1 heterocycles. The van der Waals surface area contributed by atoms with Gasteiger partial charge in [-0.05, 0) is 12.1 Å². The van der Waals surface area contributed by atoms with Gasteiger partial charge in [-0.3, -0.25) is 0 Å². The first-order valence-corrected chi connectivity index (χ1v) is 2.58. The van der Waals surface area contributed by atoms with Crippen LogP contribution < -0.4 is 0 Å². The average molecular weight is 193 g/mol. The van der Waals surface area contributed by atoms with Crippen LogP contribution in [-0.2, 0) is 19.5 Å². The van der Waals surface area contributed by atoms with E-state index in [9.17, 15) is 0 Å². The van der Waals surface area contributed by atoms with Crippen LogP contribution in [0, 0.1) is 4.64 Å². The first-order chi connectivity index (χ1) is 3.79. The molecule has 0 unspecified atom stereocenters. The average Bonchev–Trinajstić information content (AvgIpc) is 1.64. The predicted octanol–water partition coefficient (Wildman–Crippen LogP) is 1.45. The van der Waals surface area contributed by atoms with E-state index in [1.165, 1.54) is 6.07 Å². The Morgan fingerprint density at radius 3 is 2.44 bits per heavy atom. The fourth-order valence-electron chi connectivity index (χ4n) is 0.436. The van der Waals surface area contributed by atoms with Crippen LogP contribution in [0.15, 0.2) is 18.2 Å². The molecule has 4 heteroatoms. The summed E-state index contributed by atoms with van der Waals surface area (Å²) in [6.45, 7) is 0. The number of rotatable bonds is 0. The van der Waals surface area contributed by atoms with E-state index in [1.54, 1.807) is 12.1 Å². The molecule has 1 aromatic heterocycles. The van der Waals surface area contributed by atoms with Crippen molar-refractivity contribution in [3.05, 3.63) is 22.8 Å². The molecule has 0 aromatic carbocycles. The summed E-state index contributed by atoms with van der Waals surface area (Å²) in [5, 5.41) is 8.69. The number of pyridine rings is 1. The zero-order chi connectivity index (χ0) is 5.98. The minimum Gasteiger partial charge on any atom is -0.495 e. The Balaban J connectivity index is 0.000000640. The minimum absolute atomic E-state index is 0. The first-order valence-electron chi connectivity index (χ1n) is 2.17.